The minimum atomic E-state index is -1.00. The number of ether oxygens (including phenoxy) is 2. The van der Waals surface area contributed by atoms with Gasteiger partial charge in [0.2, 0.25) is 11.8 Å². The molecule has 0 saturated carbocycles. The first-order chi connectivity index (χ1) is 22.6. The van der Waals surface area contributed by atoms with Crippen LogP contribution in [0, 0.1) is 17.6 Å². The normalized spacial score (nSPS) is 21.7. The Labute approximate surface area is 271 Å². The Hall–Kier alpha value is -4.48. The Balaban J connectivity index is 1.10. The molecule has 0 radical (unpaired) electrons. The van der Waals surface area contributed by atoms with E-state index in [1.807, 2.05) is 24.3 Å². The van der Waals surface area contributed by atoms with E-state index in [9.17, 15) is 33.1 Å². The second kappa shape index (κ2) is 13.7. The van der Waals surface area contributed by atoms with E-state index < -0.39 is 35.2 Å². The molecule has 3 aromatic rings. The number of nitrogens with zero attached hydrogens (tertiary/aromatic N) is 2. The zero-order valence-electron chi connectivity index (χ0n) is 25.8. The van der Waals surface area contributed by atoms with Crippen LogP contribution in [0.5, 0.6) is 0 Å². The summed E-state index contributed by atoms with van der Waals surface area (Å²) in [7, 11) is 0. The molecule has 0 spiro atoms. The van der Waals surface area contributed by atoms with Gasteiger partial charge < -0.3 is 24.4 Å². The van der Waals surface area contributed by atoms with Gasteiger partial charge in [-0.15, -0.1) is 0 Å². The third-order valence-corrected chi connectivity index (χ3v) is 9.45. The van der Waals surface area contributed by atoms with Crippen molar-refractivity contribution in [2.45, 2.75) is 56.2 Å². The van der Waals surface area contributed by atoms with Crippen LogP contribution >= 0.6 is 0 Å². The summed E-state index contributed by atoms with van der Waals surface area (Å²) in [5, 5.41) is 9.40. The van der Waals surface area contributed by atoms with Crippen molar-refractivity contribution in [1.82, 2.24) is 4.90 Å². The lowest BCUT2D eigenvalue weighted by molar-refractivity contribution is -0.214. The fourth-order valence-electron chi connectivity index (χ4n) is 6.67. The summed E-state index contributed by atoms with van der Waals surface area (Å²) in [4.78, 5) is 53.4. The van der Waals surface area contributed by atoms with Gasteiger partial charge in [-0.05, 0) is 91.8 Å². The molecule has 3 heterocycles. The largest absolute Gasteiger partial charge is 0.480 e. The van der Waals surface area contributed by atoms with Gasteiger partial charge in [-0.1, -0.05) is 24.3 Å². The average Bonchev–Trinajstić information content (AvgIpc) is 3.55. The molecule has 246 valence electrons. The van der Waals surface area contributed by atoms with Crippen molar-refractivity contribution in [3.8, 4) is 0 Å². The van der Waals surface area contributed by atoms with Crippen molar-refractivity contribution < 1.29 is 42.5 Å². The molecule has 11 heteroatoms. The molecule has 0 aliphatic carbocycles. The number of rotatable bonds is 13. The molecule has 3 aliphatic heterocycles. The van der Waals surface area contributed by atoms with E-state index >= 15 is 0 Å². The van der Waals surface area contributed by atoms with Crippen LogP contribution in [-0.2, 0) is 30.3 Å². The molecule has 47 heavy (non-hydrogen) atoms. The van der Waals surface area contributed by atoms with Crippen LogP contribution in [-0.4, -0.2) is 71.6 Å². The summed E-state index contributed by atoms with van der Waals surface area (Å²) in [5.41, 5.74) is 2.21. The first kappa shape index (κ1) is 32.5. The maximum Gasteiger partial charge on any atom is 0.326 e. The Morgan fingerprint density at radius 2 is 1.60 bits per heavy atom. The van der Waals surface area contributed by atoms with Crippen LogP contribution in [0.1, 0.15) is 59.6 Å². The van der Waals surface area contributed by atoms with E-state index in [0.29, 0.717) is 63.1 Å². The van der Waals surface area contributed by atoms with Gasteiger partial charge in [0.1, 0.15) is 29.9 Å². The molecule has 9 nitrogen and oxygen atoms in total. The topological polar surface area (TPSA) is 113 Å². The zero-order chi connectivity index (χ0) is 33.1. The number of benzene rings is 3. The molecule has 1 N–H and O–H groups in total. The molecule has 0 bridgehead atoms. The molecule has 3 aromatic carbocycles. The Morgan fingerprint density at radius 1 is 0.936 bits per heavy atom. The summed E-state index contributed by atoms with van der Waals surface area (Å²) >= 11 is 0. The molecule has 3 saturated heterocycles. The van der Waals surface area contributed by atoms with Gasteiger partial charge in [0.25, 0.3) is 0 Å². The van der Waals surface area contributed by atoms with Gasteiger partial charge in [-0.2, -0.15) is 0 Å². The number of halogens is 2. The fraction of sp³-hybridized carbons (Fsp3) is 0.389. The standard InChI is InChI=1S/C36H36F2N2O7/c37-26-9-7-24(8-10-26)31(41)16-15-29-33(40(34(29)43)28-13-11-27(38)12-14-28)25-5-3-23(4-6-25)17-18-36(21-46-22-36)47-20-32(42)39-19-1-2-30(39)35(44)45/h3-14,29-30,33H,1-2,15-22H2,(H,44,45)/t29-,30?,33?/m1/s1. The van der Waals surface area contributed by atoms with Crippen molar-refractivity contribution in [2.75, 3.05) is 31.3 Å². The Bertz CT molecular complexity index is 1620. The Kier molecular flexibility index (Phi) is 9.47. The number of aryl methyl sites for hydroxylation is 1. The summed E-state index contributed by atoms with van der Waals surface area (Å²) < 4.78 is 38.5. The van der Waals surface area contributed by atoms with Crippen molar-refractivity contribution >= 4 is 29.3 Å². The molecule has 3 atom stereocenters. The van der Waals surface area contributed by atoms with Crippen LogP contribution in [0.4, 0.5) is 14.5 Å². The number of aliphatic carboxylic acids is 1. The molecule has 3 fully saturated rings. The van der Waals surface area contributed by atoms with E-state index in [2.05, 4.69) is 0 Å². The van der Waals surface area contributed by atoms with Crippen LogP contribution < -0.4 is 4.90 Å². The van der Waals surface area contributed by atoms with Crippen molar-refractivity contribution in [1.29, 1.82) is 0 Å². The minimum Gasteiger partial charge on any atom is -0.480 e. The number of likely N-dealkylation sites (tertiary alicyclic amines) is 1. The number of Topliss-reactive ketones (excluding diaryl/α,β-unsaturated/α-hetero) is 1. The fourth-order valence-corrected chi connectivity index (χ4v) is 6.67. The molecule has 3 aliphatic rings. The average molecular weight is 647 g/mol. The number of carbonyl (C=O) groups excluding carboxylic acids is 3. The molecular formula is C36H36F2N2O7. The summed E-state index contributed by atoms with van der Waals surface area (Å²) in [6.07, 6.45) is 2.76. The second-order valence-electron chi connectivity index (χ2n) is 12.5. The number of β-lactam (4-membered cyclic amide) rings is 1. The Morgan fingerprint density at radius 3 is 2.21 bits per heavy atom. The van der Waals surface area contributed by atoms with Crippen LogP contribution in [0.3, 0.4) is 0 Å². The first-order valence-electron chi connectivity index (χ1n) is 15.8. The minimum absolute atomic E-state index is 0.120. The quantitative estimate of drug-likeness (QED) is 0.203. The second-order valence-corrected chi connectivity index (χ2v) is 12.5. The van der Waals surface area contributed by atoms with Crippen molar-refractivity contribution in [3.63, 3.8) is 0 Å². The predicted molar refractivity (Wildman–Crippen MR) is 167 cm³/mol. The number of carboxylic acid groups (broad SMARTS) is 1. The summed E-state index contributed by atoms with van der Waals surface area (Å²) in [6, 6.07) is 17.8. The third-order valence-electron chi connectivity index (χ3n) is 9.45. The van der Waals surface area contributed by atoms with Gasteiger partial charge in [0.05, 0.1) is 25.2 Å². The lowest BCUT2D eigenvalue weighted by Crippen LogP contribution is -2.55. The first-order valence-corrected chi connectivity index (χ1v) is 15.8. The highest BCUT2D eigenvalue weighted by Gasteiger charge is 2.48. The molecule has 0 aromatic heterocycles. The highest BCUT2D eigenvalue weighted by Crippen LogP contribution is 2.46. The van der Waals surface area contributed by atoms with Crippen LogP contribution in [0.2, 0.25) is 0 Å². The summed E-state index contributed by atoms with van der Waals surface area (Å²) in [6.45, 7) is 0.892. The summed E-state index contributed by atoms with van der Waals surface area (Å²) in [5.74, 6) is -2.97. The smallest absolute Gasteiger partial charge is 0.326 e. The molecule has 2 amide bonds. The van der Waals surface area contributed by atoms with Crippen molar-refractivity contribution in [3.05, 3.63) is 101 Å². The molecule has 6 rings (SSSR count). The van der Waals surface area contributed by atoms with E-state index in [1.165, 1.54) is 41.3 Å². The lowest BCUT2D eigenvalue weighted by Gasteiger charge is -2.47. The predicted octanol–water partition coefficient (Wildman–Crippen LogP) is 5.13. The van der Waals surface area contributed by atoms with Crippen LogP contribution in [0.15, 0.2) is 72.8 Å². The number of ketones is 1. The third kappa shape index (κ3) is 6.96. The number of carboxylic acids is 1. The number of hydrogen-bond donors (Lipinski definition) is 1. The van der Waals surface area contributed by atoms with Crippen LogP contribution in [0.25, 0.3) is 0 Å². The van der Waals surface area contributed by atoms with Crippen molar-refractivity contribution in [2.24, 2.45) is 5.92 Å². The van der Waals surface area contributed by atoms with Gasteiger partial charge in [-0.25, -0.2) is 13.6 Å². The molecular weight excluding hydrogens is 610 g/mol. The van der Waals surface area contributed by atoms with Gasteiger partial charge in [-0.3, -0.25) is 14.4 Å². The van der Waals surface area contributed by atoms with E-state index in [0.717, 1.165) is 11.1 Å². The van der Waals surface area contributed by atoms with E-state index in [-0.39, 0.29) is 36.7 Å². The number of anilines is 1. The molecule has 2 unspecified atom stereocenters. The SMILES string of the molecule is O=C(CC[C@H]1C(=O)N(c2ccc(F)cc2)C1c1ccc(CCC2(OCC(=O)N3CCCC3C(=O)O)COC2)cc1)c1ccc(F)cc1. The maximum absolute atomic E-state index is 13.7. The highest BCUT2D eigenvalue weighted by atomic mass is 19.1. The zero-order valence-corrected chi connectivity index (χ0v) is 25.8. The van der Waals surface area contributed by atoms with Gasteiger partial charge in [0, 0.05) is 24.2 Å². The monoisotopic (exact) mass is 646 g/mol. The van der Waals surface area contributed by atoms with E-state index in [4.69, 9.17) is 9.47 Å². The highest BCUT2D eigenvalue weighted by molar-refractivity contribution is 6.04. The number of amides is 2. The van der Waals surface area contributed by atoms with Gasteiger partial charge >= 0.3 is 5.97 Å². The maximum atomic E-state index is 13.7. The lowest BCUT2D eigenvalue weighted by atomic mass is 9.78. The number of carbonyl (C=O) groups is 4. The van der Waals surface area contributed by atoms with E-state index in [1.54, 1.807) is 17.0 Å². The van der Waals surface area contributed by atoms with Gasteiger partial charge in [0.15, 0.2) is 5.78 Å². The number of hydrogen-bond acceptors (Lipinski definition) is 6.